The van der Waals surface area contributed by atoms with Crippen molar-refractivity contribution >= 4 is 27.0 Å². The average molecular weight is 641 g/mol. The second kappa shape index (κ2) is 12.7. The second-order valence-corrected chi connectivity index (χ2v) is 14.8. The summed E-state index contributed by atoms with van der Waals surface area (Å²) in [6.45, 7) is 1.88. The first-order valence-corrected chi connectivity index (χ1v) is 18.0. The third kappa shape index (κ3) is 6.35. The molecule has 2 heterocycles. The first-order chi connectivity index (χ1) is 22.3. The second-order valence-electron chi connectivity index (χ2n) is 13.1. The van der Waals surface area contributed by atoms with E-state index < -0.39 is 22.0 Å². The maximum Gasteiger partial charge on any atom is 0.353 e. The topological polar surface area (TPSA) is 107 Å². The highest BCUT2D eigenvalue weighted by Crippen LogP contribution is 2.43. The number of aryl methyl sites for hydroxylation is 3. The van der Waals surface area contributed by atoms with Crippen LogP contribution in [0, 0.1) is 6.92 Å². The minimum absolute atomic E-state index is 0.0695. The summed E-state index contributed by atoms with van der Waals surface area (Å²) in [5.74, 6) is 0.0592. The van der Waals surface area contributed by atoms with Gasteiger partial charge in [-0.05, 0) is 118 Å². The fourth-order valence-corrected chi connectivity index (χ4v) is 8.42. The lowest BCUT2D eigenvalue weighted by atomic mass is 9.78. The van der Waals surface area contributed by atoms with Crippen molar-refractivity contribution in [3.8, 4) is 5.75 Å². The summed E-state index contributed by atoms with van der Waals surface area (Å²) < 4.78 is 42.2. The van der Waals surface area contributed by atoms with Crippen molar-refractivity contribution in [3.63, 3.8) is 0 Å². The first-order valence-electron chi connectivity index (χ1n) is 16.5. The Hall–Kier alpha value is -3.95. The molecule has 46 heavy (non-hydrogen) atoms. The summed E-state index contributed by atoms with van der Waals surface area (Å²) >= 11 is 0. The van der Waals surface area contributed by atoms with E-state index in [1.54, 1.807) is 12.1 Å². The minimum atomic E-state index is -4.02. The van der Waals surface area contributed by atoms with Crippen LogP contribution in [0.5, 0.6) is 5.75 Å². The first kappa shape index (κ1) is 30.7. The third-order valence-electron chi connectivity index (χ3n) is 9.78. The van der Waals surface area contributed by atoms with Crippen LogP contribution >= 0.6 is 0 Å². The number of fused-ring (bicyclic) bond motifs is 4. The molecule has 9 heteroatoms. The molecule has 1 N–H and O–H groups in total. The van der Waals surface area contributed by atoms with Crippen molar-refractivity contribution in [2.45, 2.75) is 101 Å². The number of hydrogen-bond donors (Lipinski definition) is 1. The predicted molar refractivity (Wildman–Crippen MR) is 175 cm³/mol. The Labute approximate surface area is 269 Å². The fraction of sp³-hybridized carbons (Fsp3) is 0.405. The van der Waals surface area contributed by atoms with E-state index in [0.717, 1.165) is 79.2 Å². The molecule has 1 saturated carbocycles. The summed E-state index contributed by atoms with van der Waals surface area (Å²) in [6, 6.07) is 18.7. The third-order valence-corrected chi connectivity index (χ3v) is 11.3. The van der Waals surface area contributed by atoms with Crippen LogP contribution < -0.4 is 15.0 Å². The number of nitrogens with one attached hydrogen (secondary N) is 1. The smallest absolute Gasteiger partial charge is 0.353 e. The molecule has 3 aliphatic rings. The van der Waals surface area contributed by atoms with Gasteiger partial charge in [-0.3, -0.25) is 0 Å². The number of rotatable bonds is 7. The molecule has 0 radical (unpaired) electrons. The van der Waals surface area contributed by atoms with E-state index in [9.17, 15) is 13.2 Å². The van der Waals surface area contributed by atoms with Crippen LogP contribution in [-0.4, -0.2) is 26.0 Å². The fourth-order valence-electron chi connectivity index (χ4n) is 7.24. The Morgan fingerprint density at radius 2 is 1.65 bits per heavy atom. The van der Waals surface area contributed by atoms with Gasteiger partial charge in [-0.1, -0.05) is 54.4 Å². The van der Waals surface area contributed by atoms with Crippen LogP contribution in [0.2, 0.25) is 0 Å². The highest BCUT2D eigenvalue weighted by molar-refractivity contribution is 7.89. The molecule has 0 bridgehead atoms. The van der Waals surface area contributed by atoms with Crippen molar-refractivity contribution < 1.29 is 27.2 Å². The monoisotopic (exact) mass is 640 g/mol. The summed E-state index contributed by atoms with van der Waals surface area (Å²) in [5.41, 5.74) is 5.85. The Morgan fingerprint density at radius 1 is 0.913 bits per heavy atom. The summed E-state index contributed by atoms with van der Waals surface area (Å²) in [7, 11) is -4.02. The summed E-state index contributed by atoms with van der Waals surface area (Å²) in [4.78, 5) is 19.2. The zero-order valence-corrected chi connectivity index (χ0v) is 27.0. The van der Waals surface area contributed by atoms with E-state index in [1.807, 2.05) is 43.3 Å². The molecule has 0 unspecified atom stereocenters. The Morgan fingerprint density at radius 3 is 2.41 bits per heavy atom. The molecular formula is C37H40N2O6S. The van der Waals surface area contributed by atoms with E-state index in [-0.39, 0.29) is 22.5 Å². The van der Waals surface area contributed by atoms with E-state index >= 15 is 0 Å². The molecule has 1 atom stereocenters. The number of benzene rings is 3. The van der Waals surface area contributed by atoms with Crippen LogP contribution in [-0.2, 0) is 45.3 Å². The lowest BCUT2D eigenvalue weighted by Gasteiger charge is -2.41. The van der Waals surface area contributed by atoms with Crippen LogP contribution in [0.3, 0.4) is 0 Å². The van der Waals surface area contributed by atoms with Crippen LogP contribution in [0.1, 0.15) is 79.2 Å². The Kier molecular flexibility index (Phi) is 8.46. The quantitative estimate of drug-likeness (QED) is 0.180. The van der Waals surface area contributed by atoms with Gasteiger partial charge < -0.3 is 14.0 Å². The number of carbonyl (C=O) groups excluding carboxylic acids is 1. The Balaban J connectivity index is 1.21. The molecule has 4 aromatic rings. The van der Waals surface area contributed by atoms with Gasteiger partial charge in [0.25, 0.3) is 5.55 Å². The minimum Gasteiger partial charge on any atom is -0.487 e. The van der Waals surface area contributed by atoms with Crippen LogP contribution in [0.15, 0.2) is 81.2 Å². The number of nitrogens with zero attached hydrogens (tertiary/aromatic N) is 1. The molecule has 1 aliphatic heterocycles. The molecule has 1 aromatic heterocycles. The maximum atomic E-state index is 13.6. The molecule has 1 fully saturated rings. The van der Waals surface area contributed by atoms with Crippen molar-refractivity contribution in [2.24, 2.45) is 5.16 Å². The maximum absolute atomic E-state index is 13.6. The van der Waals surface area contributed by atoms with Gasteiger partial charge in [0.05, 0.1) is 4.90 Å². The average Bonchev–Trinajstić information content (AvgIpc) is 3.07. The zero-order chi connectivity index (χ0) is 31.7. The van der Waals surface area contributed by atoms with Crippen molar-refractivity contribution in [3.05, 3.63) is 100 Å². The van der Waals surface area contributed by atoms with Gasteiger partial charge >= 0.3 is 5.97 Å². The number of ether oxygens (including phenoxy) is 1. The summed E-state index contributed by atoms with van der Waals surface area (Å²) in [5, 5.41) is 5.31. The highest BCUT2D eigenvalue weighted by atomic mass is 32.2. The lowest BCUT2D eigenvalue weighted by Crippen LogP contribution is -2.43. The SMILES string of the molecule is Cc1ccc(S(=O)(=O)N[C@H](Cc2ccccc2)C(=O)O/N=c2\oc3cc4c(cc3c3c2CCCC3)CCC2(CCCCC2)O4)cc1. The van der Waals surface area contributed by atoms with Gasteiger partial charge in [0, 0.05) is 17.0 Å². The molecule has 7 rings (SSSR count). The summed E-state index contributed by atoms with van der Waals surface area (Å²) in [6.07, 6.45) is 11.6. The molecule has 0 amide bonds. The molecule has 240 valence electrons. The van der Waals surface area contributed by atoms with E-state index in [4.69, 9.17) is 14.0 Å². The van der Waals surface area contributed by atoms with E-state index in [1.165, 1.54) is 42.5 Å². The molecule has 2 aliphatic carbocycles. The standard InChI is InChI=1S/C37H40N2O6S/c1-25-14-16-28(17-15-25)46(41,42)39-32(22-26-10-4-2-5-11-26)36(40)45-38-35-30-13-7-6-12-29(30)31-23-27-18-21-37(19-8-3-9-20-37)44-33(27)24-34(31)43-35/h2,4-5,10-11,14-17,23-24,32,39H,3,6-9,12-13,18-22H2,1H3/b38-35-/t32-/m1/s1. The molecule has 3 aromatic carbocycles. The molecule has 0 saturated heterocycles. The van der Waals surface area contributed by atoms with Crippen molar-refractivity contribution in [1.82, 2.24) is 4.72 Å². The number of hydrogen-bond acceptors (Lipinski definition) is 7. The van der Waals surface area contributed by atoms with Gasteiger partial charge in [-0.2, -0.15) is 4.72 Å². The van der Waals surface area contributed by atoms with Crippen molar-refractivity contribution in [2.75, 3.05) is 0 Å². The molecular weight excluding hydrogens is 600 g/mol. The lowest BCUT2D eigenvalue weighted by molar-refractivity contribution is -0.146. The van der Waals surface area contributed by atoms with Crippen molar-refractivity contribution in [1.29, 1.82) is 0 Å². The number of carbonyl (C=O) groups is 1. The van der Waals surface area contributed by atoms with E-state index in [0.29, 0.717) is 5.58 Å². The Bertz CT molecular complexity index is 1930. The normalized spacial score (nSPS) is 18.4. The predicted octanol–water partition coefficient (Wildman–Crippen LogP) is 6.60. The number of sulfonamides is 1. The largest absolute Gasteiger partial charge is 0.487 e. The van der Waals surface area contributed by atoms with Crippen LogP contribution in [0.25, 0.3) is 11.0 Å². The van der Waals surface area contributed by atoms with Gasteiger partial charge in [-0.15, -0.1) is 0 Å². The van der Waals surface area contributed by atoms with Crippen LogP contribution in [0.4, 0.5) is 0 Å². The molecule has 1 spiro atoms. The van der Waals surface area contributed by atoms with E-state index in [2.05, 4.69) is 15.9 Å². The van der Waals surface area contributed by atoms with Gasteiger partial charge in [0.15, 0.2) is 0 Å². The molecule has 8 nitrogen and oxygen atoms in total. The highest BCUT2D eigenvalue weighted by Gasteiger charge is 2.38. The van der Waals surface area contributed by atoms with Gasteiger partial charge in [0.2, 0.25) is 10.0 Å². The van der Waals surface area contributed by atoms with Gasteiger partial charge in [0.1, 0.15) is 23.0 Å². The van der Waals surface area contributed by atoms with Gasteiger partial charge in [-0.25, -0.2) is 13.2 Å². The zero-order valence-electron chi connectivity index (χ0n) is 26.2.